The van der Waals surface area contributed by atoms with Crippen molar-refractivity contribution in [3.05, 3.63) is 59.5 Å². The normalized spacial score (nSPS) is 24.6. The van der Waals surface area contributed by atoms with Crippen LogP contribution in [0.3, 0.4) is 0 Å². The van der Waals surface area contributed by atoms with E-state index in [-0.39, 0.29) is 5.82 Å². The van der Waals surface area contributed by atoms with Gasteiger partial charge in [0.1, 0.15) is 11.6 Å². The second-order valence-electron chi connectivity index (χ2n) is 8.64. The third-order valence-electron chi connectivity index (χ3n) is 6.53. The Kier molecular flexibility index (Phi) is 6.78. The van der Waals surface area contributed by atoms with Gasteiger partial charge in [-0.1, -0.05) is 18.2 Å². The molecule has 8 rings (SSSR count). The van der Waals surface area contributed by atoms with Gasteiger partial charge >= 0.3 is 0 Å². The van der Waals surface area contributed by atoms with Crippen LogP contribution in [0.4, 0.5) is 10.2 Å². The molecule has 4 bridgehead atoms. The molecular formula is C24H33FN4. The summed E-state index contributed by atoms with van der Waals surface area (Å²) < 4.78 is 13.8. The number of aromatic nitrogens is 1. The second kappa shape index (κ2) is 9.68. The highest BCUT2D eigenvalue weighted by Crippen LogP contribution is 2.25. The van der Waals surface area contributed by atoms with Gasteiger partial charge in [0.2, 0.25) is 0 Å². The summed E-state index contributed by atoms with van der Waals surface area (Å²) in [4.78, 5) is 11.5. The fraction of sp³-hybridized carbons (Fsp3) is 0.542. The van der Waals surface area contributed by atoms with Gasteiger partial charge in [-0.15, -0.1) is 0 Å². The number of hydrogen-bond donors (Lipinski definition) is 0. The average molecular weight is 397 g/mol. The van der Waals surface area contributed by atoms with Gasteiger partial charge in [-0.05, 0) is 81.1 Å². The molecule has 156 valence electrons. The molecule has 6 aliphatic rings. The fourth-order valence-electron chi connectivity index (χ4n) is 4.50. The summed E-state index contributed by atoms with van der Waals surface area (Å²) in [5.74, 6) is 1.81. The minimum Gasteiger partial charge on any atom is -0.354 e. The number of nitrogens with zero attached hydrogens (tertiary/aromatic N) is 4. The van der Waals surface area contributed by atoms with Crippen LogP contribution >= 0.6 is 0 Å². The quantitative estimate of drug-likeness (QED) is 0.736. The first-order valence-electron chi connectivity index (χ1n) is 11.0. The minimum atomic E-state index is 0.0119. The molecule has 2 saturated heterocycles. The number of likely N-dealkylation sites (N-methyl/N-ethyl adjacent to an activating group) is 1. The van der Waals surface area contributed by atoms with Crippen LogP contribution in [0.15, 0.2) is 42.6 Å². The Morgan fingerprint density at radius 2 is 1.72 bits per heavy atom. The van der Waals surface area contributed by atoms with E-state index in [1.807, 2.05) is 24.4 Å². The summed E-state index contributed by atoms with van der Waals surface area (Å²) >= 11 is 0. The number of benzene rings is 1. The van der Waals surface area contributed by atoms with Gasteiger partial charge in [-0.25, -0.2) is 9.37 Å². The average Bonchev–Trinajstić information content (AvgIpc) is 2.85. The first-order chi connectivity index (χ1) is 14.2. The maximum Gasteiger partial charge on any atom is 0.128 e. The third-order valence-corrected chi connectivity index (χ3v) is 6.53. The molecular weight excluding hydrogens is 363 g/mol. The lowest BCUT2D eigenvalue weighted by molar-refractivity contribution is 0.186. The van der Waals surface area contributed by atoms with Crippen LogP contribution < -0.4 is 4.90 Å². The maximum atomic E-state index is 13.8. The van der Waals surface area contributed by atoms with Crippen LogP contribution in [0.25, 0.3) is 0 Å². The Morgan fingerprint density at radius 3 is 2.41 bits per heavy atom. The van der Waals surface area contributed by atoms with E-state index in [9.17, 15) is 4.39 Å². The monoisotopic (exact) mass is 396 g/mol. The fourth-order valence-corrected chi connectivity index (χ4v) is 4.50. The van der Waals surface area contributed by atoms with E-state index in [0.29, 0.717) is 5.92 Å². The Bertz CT molecular complexity index is 766. The molecule has 7 heterocycles. The molecule has 2 fully saturated rings. The lowest BCUT2D eigenvalue weighted by Crippen LogP contribution is -2.44. The van der Waals surface area contributed by atoms with Crippen molar-refractivity contribution in [3.8, 4) is 0 Å². The Hall–Kier alpha value is -1.98. The van der Waals surface area contributed by atoms with E-state index in [4.69, 9.17) is 0 Å². The summed E-state index contributed by atoms with van der Waals surface area (Å²) in [6.07, 6.45) is 6.25. The van der Waals surface area contributed by atoms with Crippen molar-refractivity contribution in [2.75, 3.05) is 57.8 Å². The van der Waals surface area contributed by atoms with Crippen molar-refractivity contribution in [1.82, 2.24) is 14.8 Å². The van der Waals surface area contributed by atoms with Crippen LogP contribution in [0, 0.1) is 11.7 Å². The van der Waals surface area contributed by atoms with Gasteiger partial charge in [0.15, 0.2) is 0 Å². The molecule has 0 saturated carbocycles. The van der Waals surface area contributed by atoms with Gasteiger partial charge in [-0.2, -0.15) is 0 Å². The van der Waals surface area contributed by atoms with Crippen LogP contribution in [-0.2, 0) is 12.8 Å². The number of halogens is 1. The molecule has 5 heteroatoms. The van der Waals surface area contributed by atoms with Crippen LogP contribution in [0.1, 0.15) is 24.0 Å². The first kappa shape index (κ1) is 20.3. The van der Waals surface area contributed by atoms with Gasteiger partial charge in [0, 0.05) is 38.9 Å². The van der Waals surface area contributed by atoms with Gasteiger partial charge in [0.25, 0.3) is 0 Å². The van der Waals surface area contributed by atoms with Gasteiger partial charge < -0.3 is 14.7 Å². The smallest absolute Gasteiger partial charge is 0.128 e. The number of piperazine rings is 1. The highest BCUT2D eigenvalue weighted by molar-refractivity contribution is 5.38. The molecule has 2 aromatic rings. The first-order valence-corrected chi connectivity index (χ1v) is 11.0. The van der Waals surface area contributed by atoms with Crippen molar-refractivity contribution in [2.24, 2.45) is 5.92 Å². The summed E-state index contributed by atoms with van der Waals surface area (Å²) in [5.41, 5.74) is 2.07. The Labute approximate surface area is 174 Å². The van der Waals surface area contributed by atoms with Crippen molar-refractivity contribution >= 4 is 5.82 Å². The second-order valence-corrected chi connectivity index (χ2v) is 8.64. The zero-order valence-electron chi connectivity index (χ0n) is 17.6. The minimum absolute atomic E-state index is 0.0119. The lowest BCUT2D eigenvalue weighted by Gasteiger charge is -2.33. The number of pyridine rings is 1. The zero-order chi connectivity index (χ0) is 20.1. The van der Waals surface area contributed by atoms with Crippen LogP contribution in [0.5, 0.6) is 0 Å². The number of anilines is 1. The summed E-state index contributed by atoms with van der Waals surface area (Å²) in [7, 11) is 2.16. The number of piperidine rings is 1. The highest BCUT2D eigenvalue weighted by atomic mass is 19.1. The molecule has 0 atom stereocenters. The molecule has 0 aliphatic carbocycles. The molecule has 0 unspecified atom stereocenters. The molecule has 0 radical (unpaired) electrons. The topological polar surface area (TPSA) is 22.6 Å². The SMILES string of the molecule is CN1CCN(c2ccccn2)CC1.Fc1cc2ccc1CC1CCN(CC2)CC1. The zero-order valence-corrected chi connectivity index (χ0v) is 17.6. The summed E-state index contributed by atoms with van der Waals surface area (Å²) in [5, 5.41) is 0. The van der Waals surface area contributed by atoms with E-state index >= 15 is 0 Å². The Balaban J connectivity index is 0.000000145. The number of hydrogen-bond acceptors (Lipinski definition) is 4. The third kappa shape index (κ3) is 5.55. The molecule has 4 nitrogen and oxygen atoms in total. The predicted molar refractivity (Wildman–Crippen MR) is 117 cm³/mol. The van der Waals surface area contributed by atoms with E-state index in [0.717, 1.165) is 62.5 Å². The van der Waals surface area contributed by atoms with Crippen molar-refractivity contribution in [2.45, 2.75) is 25.7 Å². The van der Waals surface area contributed by atoms with E-state index in [1.54, 1.807) is 6.07 Å². The lowest BCUT2D eigenvalue weighted by atomic mass is 9.90. The van der Waals surface area contributed by atoms with Crippen molar-refractivity contribution in [3.63, 3.8) is 0 Å². The van der Waals surface area contributed by atoms with Crippen LogP contribution in [0.2, 0.25) is 0 Å². The van der Waals surface area contributed by atoms with E-state index < -0.39 is 0 Å². The molecule has 6 aliphatic heterocycles. The standard InChI is InChI=1S/C14H18FN.C10H15N3/c15-14-10-11-1-2-13(14)9-12-4-7-16(6-3-11)8-5-12;1-12-6-8-13(9-7-12)10-4-2-3-5-11-10/h1-2,10,12H,3-9H2;2-5H,6-9H2,1H3. The molecule has 29 heavy (non-hydrogen) atoms. The summed E-state index contributed by atoms with van der Waals surface area (Å²) in [6.45, 7) is 7.94. The largest absolute Gasteiger partial charge is 0.354 e. The molecule has 0 N–H and O–H groups in total. The molecule has 0 amide bonds. The van der Waals surface area contributed by atoms with E-state index in [2.05, 4.69) is 38.9 Å². The number of rotatable bonds is 1. The van der Waals surface area contributed by atoms with Crippen LogP contribution in [-0.4, -0.2) is 67.6 Å². The summed E-state index contributed by atoms with van der Waals surface area (Å²) in [6, 6.07) is 11.9. The van der Waals surface area contributed by atoms with Gasteiger partial charge in [0.05, 0.1) is 0 Å². The molecule has 1 aromatic heterocycles. The predicted octanol–water partition coefficient (Wildman–Crippen LogP) is 3.47. The van der Waals surface area contributed by atoms with E-state index in [1.165, 1.54) is 25.9 Å². The molecule has 1 aromatic carbocycles. The Morgan fingerprint density at radius 1 is 0.931 bits per heavy atom. The van der Waals surface area contributed by atoms with Gasteiger partial charge in [-0.3, -0.25) is 0 Å². The van der Waals surface area contributed by atoms with Crippen molar-refractivity contribution in [1.29, 1.82) is 0 Å². The van der Waals surface area contributed by atoms with Crippen molar-refractivity contribution < 1.29 is 4.39 Å². The molecule has 0 spiro atoms. The maximum absolute atomic E-state index is 13.8. The highest BCUT2D eigenvalue weighted by Gasteiger charge is 2.21.